The van der Waals surface area contributed by atoms with Crippen molar-refractivity contribution in [1.29, 1.82) is 0 Å². The van der Waals surface area contributed by atoms with E-state index in [0.29, 0.717) is 17.1 Å². The standard InChI is InChI=1S/C16H11N3O5/c20-16(24-14-6-4-13(5-7-14)19(21)22)18-12-3-1-2-11(10-12)15-17-8-9-23-15/h1-10H,(H,18,20). The Hall–Kier alpha value is -3.68. The summed E-state index contributed by atoms with van der Waals surface area (Å²) in [6, 6.07) is 12.1. The largest absolute Gasteiger partial charge is 0.445 e. The molecule has 0 unspecified atom stereocenters. The second-order valence-corrected chi connectivity index (χ2v) is 4.68. The number of benzene rings is 2. The molecule has 8 heteroatoms. The van der Waals surface area contributed by atoms with Gasteiger partial charge in [-0.1, -0.05) is 6.07 Å². The van der Waals surface area contributed by atoms with Gasteiger partial charge >= 0.3 is 6.09 Å². The fraction of sp³-hybridized carbons (Fsp3) is 0. The van der Waals surface area contributed by atoms with Gasteiger partial charge in [-0.25, -0.2) is 9.78 Å². The van der Waals surface area contributed by atoms with E-state index in [4.69, 9.17) is 9.15 Å². The first kappa shape index (κ1) is 15.2. The van der Waals surface area contributed by atoms with E-state index in [-0.39, 0.29) is 11.4 Å². The van der Waals surface area contributed by atoms with E-state index in [1.54, 1.807) is 24.3 Å². The molecule has 8 nitrogen and oxygen atoms in total. The number of carbonyl (C=O) groups is 1. The molecular formula is C16H11N3O5. The molecule has 1 heterocycles. The molecule has 1 N–H and O–H groups in total. The van der Waals surface area contributed by atoms with Crippen molar-refractivity contribution in [2.24, 2.45) is 0 Å². The van der Waals surface area contributed by atoms with Crippen LogP contribution >= 0.6 is 0 Å². The van der Waals surface area contributed by atoms with Crippen LogP contribution in [0.25, 0.3) is 11.5 Å². The van der Waals surface area contributed by atoms with Crippen molar-refractivity contribution in [2.45, 2.75) is 0 Å². The Kier molecular flexibility index (Phi) is 4.19. The number of nitro benzene ring substituents is 1. The van der Waals surface area contributed by atoms with Crippen molar-refractivity contribution in [1.82, 2.24) is 4.98 Å². The van der Waals surface area contributed by atoms with E-state index in [1.165, 1.54) is 36.7 Å². The van der Waals surface area contributed by atoms with Gasteiger partial charge in [0.1, 0.15) is 12.0 Å². The summed E-state index contributed by atoms with van der Waals surface area (Å²) >= 11 is 0. The third-order valence-electron chi connectivity index (χ3n) is 3.05. The normalized spacial score (nSPS) is 10.2. The maximum absolute atomic E-state index is 11.9. The molecule has 1 aromatic heterocycles. The number of nitro groups is 1. The van der Waals surface area contributed by atoms with Gasteiger partial charge in [-0.3, -0.25) is 15.4 Å². The van der Waals surface area contributed by atoms with E-state index >= 15 is 0 Å². The molecule has 0 aliphatic carbocycles. The Bertz CT molecular complexity index is 860. The monoisotopic (exact) mass is 325 g/mol. The number of hydrogen-bond donors (Lipinski definition) is 1. The lowest BCUT2D eigenvalue weighted by Gasteiger charge is -2.07. The number of aromatic nitrogens is 1. The average molecular weight is 325 g/mol. The number of non-ortho nitro benzene ring substituents is 1. The summed E-state index contributed by atoms with van der Waals surface area (Å²) in [4.78, 5) is 26.0. The fourth-order valence-corrected chi connectivity index (χ4v) is 1.98. The molecule has 3 aromatic rings. The van der Waals surface area contributed by atoms with E-state index in [2.05, 4.69) is 10.3 Å². The second kappa shape index (κ2) is 6.61. The summed E-state index contributed by atoms with van der Waals surface area (Å²) in [5, 5.41) is 13.1. The molecule has 0 radical (unpaired) electrons. The van der Waals surface area contributed by atoms with Gasteiger partial charge in [0.05, 0.1) is 11.1 Å². The van der Waals surface area contributed by atoms with Crippen LogP contribution in [-0.2, 0) is 0 Å². The molecule has 0 atom stereocenters. The van der Waals surface area contributed by atoms with Crippen LogP contribution in [0.4, 0.5) is 16.2 Å². The lowest BCUT2D eigenvalue weighted by molar-refractivity contribution is -0.384. The SMILES string of the molecule is O=C(Nc1cccc(-c2ncco2)c1)Oc1ccc([N+](=O)[O-])cc1. The van der Waals surface area contributed by atoms with Crippen molar-refractivity contribution in [2.75, 3.05) is 5.32 Å². The molecule has 0 aliphatic heterocycles. The van der Waals surface area contributed by atoms with Crippen molar-refractivity contribution in [3.05, 3.63) is 71.1 Å². The lowest BCUT2D eigenvalue weighted by Crippen LogP contribution is -2.16. The number of oxazole rings is 1. The van der Waals surface area contributed by atoms with E-state index in [1.807, 2.05) is 0 Å². The molecule has 3 rings (SSSR count). The summed E-state index contributed by atoms with van der Waals surface area (Å²) in [5.41, 5.74) is 1.12. The second-order valence-electron chi connectivity index (χ2n) is 4.68. The Morgan fingerprint density at radius 2 is 2.00 bits per heavy atom. The quantitative estimate of drug-likeness (QED) is 0.576. The lowest BCUT2D eigenvalue weighted by atomic mass is 10.2. The van der Waals surface area contributed by atoms with Crippen LogP contribution < -0.4 is 10.1 Å². The summed E-state index contributed by atoms with van der Waals surface area (Å²) < 4.78 is 10.3. The number of anilines is 1. The van der Waals surface area contributed by atoms with Gasteiger partial charge in [0.15, 0.2) is 0 Å². The summed E-state index contributed by atoms with van der Waals surface area (Å²) in [6.45, 7) is 0. The summed E-state index contributed by atoms with van der Waals surface area (Å²) in [6.07, 6.45) is 2.27. The van der Waals surface area contributed by atoms with Gasteiger partial charge in [-0.05, 0) is 30.3 Å². The van der Waals surface area contributed by atoms with Crippen LogP contribution in [0, 0.1) is 10.1 Å². The number of carbonyl (C=O) groups excluding carboxylic acids is 1. The number of nitrogens with one attached hydrogen (secondary N) is 1. The molecule has 24 heavy (non-hydrogen) atoms. The zero-order valence-corrected chi connectivity index (χ0v) is 12.2. The smallest absolute Gasteiger partial charge is 0.417 e. The number of amides is 1. The minimum atomic E-state index is -0.714. The molecule has 0 saturated carbocycles. The fourth-order valence-electron chi connectivity index (χ4n) is 1.98. The Labute approximate surface area is 135 Å². The van der Waals surface area contributed by atoms with Crippen LogP contribution in [0.2, 0.25) is 0 Å². The highest BCUT2D eigenvalue weighted by Crippen LogP contribution is 2.22. The Morgan fingerprint density at radius 3 is 2.67 bits per heavy atom. The molecule has 0 bridgehead atoms. The van der Waals surface area contributed by atoms with Crippen LogP contribution in [-0.4, -0.2) is 16.0 Å². The molecule has 2 aromatic carbocycles. The molecule has 0 aliphatic rings. The molecule has 1 amide bonds. The first-order chi connectivity index (χ1) is 11.6. The topological polar surface area (TPSA) is 108 Å². The maximum atomic E-state index is 11.9. The molecule has 0 fully saturated rings. The maximum Gasteiger partial charge on any atom is 0.417 e. The van der Waals surface area contributed by atoms with Crippen molar-refractivity contribution >= 4 is 17.5 Å². The van der Waals surface area contributed by atoms with Gasteiger partial charge in [-0.15, -0.1) is 0 Å². The summed E-state index contributed by atoms with van der Waals surface area (Å²) in [5.74, 6) is 0.629. The Morgan fingerprint density at radius 1 is 1.21 bits per heavy atom. The molecule has 0 spiro atoms. The number of hydrogen-bond acceptors (Lipinski definition) is 6. The summed E-state index contributed by atoms with van der Waals surface area (Å²) in [7, 11) is 0. The zero-order chi connectivity index (χ0) is 16.9. The van der Waals surface area contributed by atoms with Crippen LogP contribution in [0.3, 0.4) is 0 Å². The number of rotatable bonds is 4. The highest BCUT2D eigenvalue weighted by atomic mass is 16.6. The van der Waals surface area contributed by atoms with Crippen molar-refractivity contribution < 1.29 is 18.9 Å². The zero-order valence-electron chi connectivity index (χ0n) is 12.2. The number of ether oxygens (including phenoxy) is 1. The van der Waals surface area contributed by atoms with Crippen LogP contribution in [0.5, 0.6) is 5.75 Å². The minimum Gasteiger partial charge on any atom is -0.445 e. The van der Waals surface area contributed by atoms with Crippen LogP contribution in [0.15, 0.2) is 65.4 Å². The highest BCUT2D eigenvalue weighted by Gasteiger charge is 2.09. The van der Waals surface area contributed by atoms with Crippen LogP contribution in [0.1, 0.15) is 0 Å². The number of nitrogens with zero attached hydrogens (tertiary/aromatic N) is 2. The van der Waals surface area contributed by atoms with E-state index in [0.717, 1.165) is 0 Å². The predicted octanol–water partition coefficient (Wildman–Crippen LogP) is 3.86. The van der Waals surface area contributed by atoms with E-state index in [9.17, 15) is 14.9 Å². The first-order valence-electron chi connectivity index (χ1n) is 6.85. The third kappa shape index (κ3) is 3.55. The van der Waals surface area contributed by atoms with Gasteiger partial charge < -0.3 is 9.15 Å². The third-order valence-corrected chi connectivity index (χ3v) is 3.05. The van der Waals surface area contributed by atoms with Gasteiger partial charge in [0.25, 0.3) is 5.69 Å². The van der Waals surface area contributed by atoms with Crippen molar-refractivity contribution in [3.63, 3.8) is 0 Å². The van der Waals surface area contributed by atoms with Crippen molar-refractivity contribution in [3.8, 4) is 17.2 Å². The minimum absolute atomic E-state index is 0.0820. The van der Waals surface area contributed by atoms with Gasteiger partial charge in [0, 0.05) is 23.4 Å². The molecule has 0 saturated heterocycles. The highest BCUT2D eigenvalue weighted by molar-refractivity contribution is 5.87. The predicted molar refractivity (Wildman–Crippen MR) is 84.7 cm³/mol. The van der Waals surface area contributed by atoms with E-state index < -0.39 is 11.0 Å². The van der Waals surface area contributed by atoms with Gasteiger partial charge in [-0.2, -0.15) is 0 Å². The first-order valence-corrected chi connectivity index (χ1v) is 6.85. The average Bonchev–Trinajstić information content (AvgIpc) is 3.10. The molecule has 120 valence electrons. The van der Waals surface area contributed by atoms with Gasteiger partial charge in [0.2, 0.25) is 5.89 Å². The Balaban J connectivity index is 1.66. The molecular weight excluding hydrogens is 314 g/mol.